The van der Waals surface area contributed by atoms with Crippen molar-refractivity contribution >= 4 is 85.2 Å². The first kappa shape index (κ1) is 38.6. The lowest BCUT2D eigenvalue weighted by molar-refractivity contribution is -0.116. The molecule has 1 amide bonds. The zero-order valence-electron chi connectivity index (χ0n) is 27.3. The van der Waals surface area contributed by atoms with E-state index >= 15 is 0 Å². The van der Waals surface area contributed by atoms with Gasteiger partial charge >= 0.3 is 0 Å². The van der Waals surface area contributed by atoms with Gasteiger partial charge in [-0.05, 0) is 48.9 Å². The number of sulfonamides is 1. The SMILES string of the molecule is CCCCCCCCCCCCCC(=O)Nc1ccc(Cl)c(Nc2[nH]n(-c3c(Cl)cc(Cl)cc3Cl)c(=O)c2NS(=O)(=O)c2ccccc2)c1. The van der Waals surface area contributed by atoms with E-state index < -0.39 is 15.6 Å². The third-order valence-electron chi connectivity index (χ3n) is 7.90. The zero-order chi connectivity index (χ0) is 35.4. The summed E-state index contributed by atoms with van der Waals surface area (Å²) in [4.78, 5) is 26.4. The van der Waals surface area contributed by atoms with Crippen LogP contribution in [0.25, 0.3) is 5.69 Å². The number of anilines is 4. The molecule has 0 atom stereocenters. The first-order valence-electron chi connectivity index (χ1n) is 16.4. The Hall–Kier alpha value is -3.15. The lowest BCUT2D eigenvalue weighted by Crippen LogP contribution is -2.22. The molecular formula is C35H41Cl4N5O4S. The molecular weight excluding hydrogens is 728 g/mol. The van der Waals surface area contributed by atoms with Gasteiger partial charge in [0.1, 0.15) is 5.69 Å². The van der Waals surface area contributed by atoms with Crippen LogP contribution in [0.1, 0.15) is 84.0 Å². The molecule has 0 aliphatic rings. The number of H-pyrrole nitrogens is 1. The van der Waals surface area contributed by atoms with E-state index in [1.807, 2.05) is 0 Å². The maximum absolute atomic E-state index is 13.7. The second kappa shape index (κ2) is 18.7. The molecule has 0 aliphatic heterocycles. The van der Waals surface area contributed by atoms with Gasteiger partial charge in [-0.2, -0.15) is 0 Å². The van der Waals surface area contributed by atoms with E-state index in [0.717, 1.165) is 23.9 Å². The van der Waals surface area contributed by atoms with Gasteiger partial charge in [-0.3, -0.25) is 19.4 Å². The minimum atomic E-state index is -4.20. The Bertz CT molecular complexity index is 1860. The van der Waals surface area contributed by atoms with Gasteiger partial charge < -0.3 is 10.6 Å². The molecule has 0 aliphatic carbocycles. The first-order valence-corrected chi connectivity index (χ1v) is 19.4. The summed E-state index contributed by atoms with van der Waals surface area (Å²) >= 11 is 25.4. The fourth-order valence-electron chi connectivity index (χ4n) is 5.33. The molecule has 0 unspecified atom stereocenters. The number of nitrogens with one attached hydrogen (secondary N) is 4. The predicted molar refractivity (Wildman–Crippen MR) is 203 cm³/mol. The summed E-state index contributed by atoms with van der Waals surface area (Å²) in [5.74, 6) is -0.190. The van der Waals surface area contributed by atoms with Gasteiger partial charge in [0, 0.05) is 17.1 Å². The largest absolute Gasteiger partial charge is 0.337 e. The fourth-order valence-corrected chi connectivity index (χ4v) is 7.57. The van der Waals surface area contributed by atoms with Crippen molar-refractivity contribution in [3.05, 3.63) is 91.1 Å². The van der Waals surface area contributed by atoms with E-state index in [4.69, 9.17) is 46.4 Å². The normalized spacial score (nSPS) is 11.4. The summed E-state index contributed by atoms with van der Waals surface area (Å²) in [5.41, 5.74) is -0.345. The number of halogens is 4. The number of rotatable bonds is 19. The van der Waals surface area contributed by atoms with Crippen LogP contribution in [0.5, 0.6) is 0 Å². The number of carbonyl (C=O) groups excluding carboxylic acids is 1. The maximum Gasteiger partial charge on any atom is 0.297 e. The molecule has 0 bridgehead atoms. The Morgan fingerprint density at radius 2 is 1.37 bits per heavy atom. The van der Waals surface area contributed by atoms with Gasteiger partial charge in [-0.15, -0.1) is 0 Å². The van der Waals surface area contributed by atoms with Crippen LogP contribution in [0, 0.1) is 0 Å². The Morgan fingerprint density at radius 3 is 1.98 bits per heavy atom. The highest BCUT2D eigenvalue weighted by Gasteiger charge is 2.25. The lowest BCUT2D eigenvalue weighted by atomic mass is 10.1. The van der Waals surface area contributed by atoms with Crippen molar-refractivity contribution in [1.29, 1.82) is 0 Å². The summed E-state index contributed by atoms with van der Waals surface area (Å²) < 4.78 is 30.0. The number of aromatic nitrogens is 2. The molecule has 1 heterocycles. The summed E-state index contributed by atoms with van der Waals surface area (Å²) in [5, 5.41) is 9.33. The number of carbonyl (C=O) groups is 1. The van der Waals surface area contributed by atoms with Crippen LogP contribution in [0.2, 0.25) is 20.1 Å². The smallest absolute Gasteiger partial charge is 0.297 e. The Morgan fingerprint density at radius 1 is 0.776 bits per heavy atom. The molecule has 14 heteroatoms. The zero-order valence-corrected chi connectivity index (χ0v) is 31.1. The number of hydrogen-bond donors (Lipinski definition) is 4. The van der Waals surface area contributed by atoms with Crippen molar-refractivity contribution in [2.45, 2.75) is 88.9 Å². The molecule has 4 rings (SSSR count). The third kappa shape index (κ3) is 11.2. The predicted octanol–water partition coefficient (Wildman–Crippen LogP) is 11.0. The van der Waals surface area contributed by atoms with Crippen molar-refractivity contribution in [2.75, 3.05) is 15.4 Å². The molecule has 0 spiro atoms. The monoisotopic (exact) mass is 767 g/mol. The van der Waals surface area contributed by atoms with Crippen LogP contribution in [0.4, 0.5) is 22.9 Å². The van der Waals surface area contributed by atoms with Gasteiger partial charge in [-0.1, -0.05) is 136 Å². The van der Waals surface area contributed by atoms with E-state index in [2.05, 4.69) is 27.4 Å². The van der Waals surface area contributed by atoms with Gasteiger partial charge in [0.2, 0.25) is 5.91 Å². The van der Waals surface area contributed by atoms with E-state index in [1.54, 1.807) is 36.4 Å². The average Bonchev–Trinajstić information content (AvgIpc) is 3.34. The summed E-state index contributed by atoms with van der Waals surface area (Å²) in [6.07, 6.45) is 13.5. The second-order valence-corrected chi connectivity index (χ2v) is 15.1. The van der Waals surface area contributed by atoms with E-state index in [-0.39, 0.29) is 53.8 Å². The fraction of sp³-hybridized carbons (Fsp3) is 0.371. The molecule has 0 saturated carbocycles. The highest BCUT2D eigenvalue weighted by Crippen LogP contribution is 2.35. The van der Waals surface area contributed by atoms with Crippen LogP contribution in [0.3, 0.4) is 0 Å². The Kier molecular flexibility index (Phi) is 14.8. The van der Waals surface area contributed by atoms with Gasteiger partial charge in [-0.25, -0.2) is 13.1 Å². The van der Waals surface area contributed by atoms with Crippen LogP contribution in [0.15, 0.2) is 70.4 Å². The standard InChI is InChI=1S/C35H41Cl4N5O4S/c1-2-3-4-5-6-7-8-9-10-11-15-18-31(45)40-25-19-20-27(37)30(23-25)41-34-32(43-49(47,48)26-16-13-12-14-17-26)35(46)44(42-34)33-28(38)21-24(36)22-29(33)39/h12-14,16-17,19-23,41-43H,2-11,15,18H2,1H3,(H,40,45). The molecule has 1 aromatic heterocycles. The minimum Gasteiger partial charge on any atom is -0.337 e. The maximum atomic E-state index is 13.7. The van der Waals surface area contributed by atoms with Gasteiger partial charge in [0.25, 0.3) is 15.6 Å². The molecule has 3 aromatic carbocycles. The van der Waals surface area contributed by atoms with Crippen LogP contribution < -0.4 is 20.9 Å². The molecule has 49 heavy (non-hydrogen) atoms. The number of nitrogens with zero attached hydrogens (tertiary/aromatic N) is 1. The number of hydrogen-bond acceptors (Lipinski definition) is 5. The second-order valence-electron chi connectivity index (χ2n) is 11.8. The molecule has 264 valence electrons. The summed E-state index contributed by atoms with van der Waals surface area (Å²) in [7, 11) is -4.20. The van der Waals surface area contributed by atoms with E-state index in [0.29, 0.717) is 12.1 Å². The molecule has 9 nitrogen and oxygen atoms in total. The Balaban J connectivity index is 1.47. The molecule has 0 fully saturated rings. The van der Waals surface area contributed by atoms with Crippen molar-refractivity contribution in [3.63, 3.8) is 0 Å². The van der Waals surface area contributed by atoms with Crippen molar-refractivity contribution in [1.82, 2.24) is 9.78 Å². The van der Waals surface area contributed by atoms with Crippen LogP contribution in [-0.4, -0.2) is 24.1 Å². The molecule has 0 saturated heterocycles. The van der Waals surface area contributed by atoms with E-state index in [1.165, 1.54) is 75.6 Å². The van der Waals surface area contributed by atoms with Crippen molar-refractivity contribution in [2.24, 2.45) is 0 Å². The third-order valence-corrected chi connectivity index (χ3v) is 10.4. The number of amides is 1. The molecule has 4 aromatic rings. The van der Waals surface area contributed by atoms with Crippen LogP contribution >= 0.6 is 46.4 Å². The number of unbranched alkanes of at least 4 members (excludes halogenated alkanes) is 10. The van der Waals surface area contributed by atoms with Crippen molar-refractivity contribution in [3.8, 4) is 5.69 Å². The van der Waals surface area contributed by atoms with Gasteiger partial charge in [0.05, 0.1) is 25.7 Å². The number of benzene rings is 3. The van der Waals surface area contributed by atoms with E-state index in [9.17, 15) is 18.0 Å². The average molecular weight is 770 g/mol. The molecule has 0 radical (unpaired) electrons. The Labute approximate surface area is 307 Å². The highest BCUT2D eigenvalue weighted by atomic mass is 35.5. The van der Waals surface area contributed by atoms with Gasteiger partial charge in [0.15, 0.2) is 11.5 Å². The van der Waals surface area contributed by atoms with Crippen molar-refractivity contribution < 1.29 is 13.2 Å². The summed E-state index contributed by atoms with van der Waals surface area (Å²) in [6.45, 7) is 2.23. The quantitative estimate of drug-likeness (QED) is 0.0707. The van der Waals surface area contributed by atoms with Crippen LogP contribution in [-0.2, 0) is 14.8 Å². The first-order chi connectivity index (χ1) is 23.5. The molecule has 4 N–H and O–H groups in total. The number of aromatic amines is 1. The topological polar surface area (TPSA) is 125 Å². The minimum absolute atomic E-state index is 0.0467. The summed E-state index contributed by atoms with van der Waals surface area (Å²) in [6, 6.07) is 15.2. The lowest BCUT2D eigenvalue weighted by Gasteiger charge is -2.13. The highest BCUT2D eigenvalue weighted by molar-refractivity contribution is 7.92.